The summed E-state index contributed by atoms with van der Waals surface area (Å²) in [6.45, 7) is 2.97. The molecule has 162 valence electrons. The summed E-state index contributed by atoms with van der Waals surface area (Å²) in [5, 5.41) is 4.10. The van der Waals surface area contributed by atoms with Gasteiger partial charge in [0.1, 0.15) is 0 Å². The maximum atomic E-state index is 13.0. The van der Waals surface area contributed by atoms with E-state index >= 15 is 0 Å². The molecule has 0 radical (unpaired) electrons. The minimum Gasteiger partial charge on any atom is -0.336 e. The Kier molecular flexibility index (Phi) is 5.55. The molecule has 1 atom stereocenters. The van der Waals surface area contributed by atoms with E-state index < -0.39 is 10.8 Å². The summed E-state index contributed by atoms with van der Waals surface area (Å²) in [6, 6.07) is 15.5. The lowest BCUT2D eigenvalue weighted by Gasteiger charge is -2.27. The standard InChI is InChI=1S/C24H23N5O2S/c1-32(31)22-16-29(24-26-14-19(15-27-24)17-5-3-2-4-6-17)21-13-18(7-8-20(21)22)23(30)28-11-9-25-10-12-28/h2-8,13-16,25H,9-12H2,1H3. The predicted molar refractivity (Wildman–Crippen MR) is 125 cm³/mol. The highest BCUT2D eigenvalue weighted by atomic mass is 32.2. The molecule has 3 heterocycles. The van der Waals surface area contributed by atoms with Gasteiger partial charge < -0.3 is 10.2 Å². The maximum Gasteiger partial charge on any atom is 0.254 e. The summed E-state index contributed by atoms with van der Waals surface area (Å²) in [4.78, 5) is 24.7. The second-order valence-electron chi connectivity index (χ2n) is 7.73. The molecule has 1 aliphatic heterocycles. The summed E-state index contributed by atoms with van der Waals surface area (Å²) in [7, 11) is -1.19. The van der Waals surface area contributed by atoms with E-state index in [0.29, 0.717) is 29.5 Å². The van der Waals surface area contributed by atoms with Crippen molar-refractivity contribution in [3.63, 3.8) is 0 Å². The first-order valence-electron chi connectivity index (χ1n) is 10.5. The van der Waals surface area contributed by atoms with Crippen LogP contribution in [0.4, 0.5) is 0 Å². The average Bonchev–Trinajstić information content (AvgIpc) is 3.24. The number of nitrogens with one attached hydrogen (secondary N) is 1. The normalized spacial score (nSPS) is 15.1. The molecule has 1 saturated heterocycles. The second kappa shape index (κ2) is 8.64. The molecule has 0 bridgehead atoms. The van der Waals surface area contributed by atoms with Crippen molar-refractivity contribution in [2.45, 2.75) is 4.90 Å². The summed E-state index contributed by atoms with van der Waals surface area (Å²) < 4.78 is 14.2. The Morgan fingerprint density at radius 2 is 1.72 bits per heavy atom. The van der Waals surface area contributed by atoms with Crippen molar-refractivity contribution in [1.82, 2.24) is 24.8 Å². The van der Waals surface area contributed by atoms with Crippen LogP contribution in [0.15, 0.2) is 72.0 Å². The van der Waals surface area contributed by atoms with Gasteiger partial charge in [0.15, 0.2) is 0 Å². The van der Waals surface area contributed by atoms with Crippen molar-refractivity contribution in [3.8, 4) is 17.1 Å². The Bertz CT molecular complexity index is 1300. The SMILES string of the molecule is CS(=O)c1cn(-c2ncc(-c3ccccc3)cn2)c2cc(C(=O)N3CCNCC3)ccc12. The van der Waals surface area contributed by atoms with Gasteiger partial charge in [0.2, 0.25) is 5.95 Å². The number of amides is 1. The van der Waals surface area contributed by atoms with E-state index in [0.717, 1.165) is 35.1 Å². The summed E-state index contributed by atoms with van der Waals surface area (Å²) in [5.74, 6) is 0.471. The molecule has 1 aliphatic rings. The van der Waals surface area contributed by atoms with Crippen LogP contribution in [0, 0.1) is 0 Å². The number of fused-ring (bicyclic) bond motifs is 1. The van der Waals surface area contributed by atoms with Gasteiger partial charge in [0.05, 0.1) is 21.2 Å². The number of hydrogen-bond acceptors (Lipinski definition) is 5. The fraction of sp³-hybridized carbons (Fsp3) is 0.208. The third kappa shape index (κ3) is 3.83. The Morgan fingerprint density at radius 3 is 2.41 bits per heavy atom. The van der Waals surface area contributed by atoms with Crippen LogP contribution in [0.5, 0.6) is 0 Å². The molecule has 0 saturated carbocycles. The van der Waals surface area contributed by atoms with Gasteiger partial charge in [-0.3, -0.25) is 13.6 Å². The van der Waals surface area contributed by atoms with E-state index in [1.54, 1.807) is 24.8 Å². The number of carbonyl (C=O) groups is 1. The Hall–Kier alpha value is -3.36. The Morgan fingerprint density at radius 1 is 1.00 bits per heavy atom. The van der Waals surface area contributed by atoms with Crippen molar-refractivity contribution in [3.05, 3.63) is 72.7 Å². The highest BCUT2D eigenvalue weighted by Crippen LogP contribution is 2.28. The molecule has 7 nitrogen and oxygen atoms in total. The molecule has 8 heteroatoms. The van der Waals surface area contributed by atoms with Crippen LogP contribution in [0.1, 0.15) is 10.4 Å². The van der Waals surface area contributed by atoms with E-state index in [1.807, 2.05) is 58.0 Å². The lowest BCUT2D eigenvalue weighted by Crippen LogP contribution is -2.46. The minimum absolute atomic E-state index is 0.000616. The van der Waals surface area contributed by atoms with Crippen LogP contribution in [0.25, 0.3) is 28.0 Å². The summed E-state index contributed by atoms with van der Waals surface area (Å²) >= 11 is 0. The van der Waals surface area contributed by atoms with E-state index in [9.17, 15) is 9.00 Å². The van der Waals surface area contributed by atoms with Gasteiger partial charge >= 0.3 is 0 Å². The second-order valence-corrected chi connectivity index (χ2v) is 9.08. The van der Waals surface area contributed by atoms with E-state index in [4.69, 9.17) is 0 Å². The molecule has 1 N–H and O–H groups in total. The van der Waals surface area contributed by atoms with Crippen LogP contribution in [-0.4, -0.2) is 62.0 Å². The fourth-order valence-electron chi connectivity index (χ4n) is 4.00. The van der Waals surface area contributed by atoms with Crippen LogP contribution < -0.4 is 5.32 Å². The van der Waals surface area contributed by atoms with Crippen molar-refractivity contribution in [2.75, 3.05) is 32.4 Å². The van der Waals surface area contributed by atoms with Crippen molar-refractivity contribution < 1.29 is 9.00 Å². The van der Waals surface area contributed by atoms with Crippen molar-refractivity contribution in [1.29, 1.82) is 0 Å². The van der Waals surface area contributed by atoms with E-state index in [2.05, 4.69) is 15.3 Å². The van der Waals surface area contributed by atoms with Crippen LogP contribution >= 0.6 is 0 Å². The molecule has 2 aromatic carbocycles. The first-order chi connectivity index (χ1) is 15.6. The highest BCUT2D eigenvalue weighted by molar-refractivity contribution is 7.84. The van der Waals surface area contributed by atoms with Crippen molar-refractivity contribution in [2.24, 2.45) is 0 Å². The van der Waals surface area contributed by atoms with E-state index in [1.165, 1.54) is 0 Å². The molecule has 1 amide bonds. The minimum atomic E-state index is -1.19. The smallest absolute Gasteiger partial charge is 0.254 e. The van der Waals surface area contributed by atoms with E-state index in [-0.39, 0.29) is 5.91 Å². The van der Waals surface area contributed by atoms with Gasteiger partial charge in [-0.1, -0.05) is 36.4 Å². The lowest BCUT2D eigenvalue weighted by molar-refractivity contribution is 0.0736. The molecule has 1 unspecified atom stereocenters. The number of rotatable bonds is 4. The van der Waals surface area contributed by atoms with Gasteiger partial charge in [0.25, 0.3) is 5.91 Å². The van der Waals surface area contributed by atoms with Gasteiger partial charge in [-0.15, -0.1) is 0 Å². The zero-order valence-corrected chi connectivity index (χ0v) is 18.5. The zero-order valence-electron chi connectivity index (χ0n) is 17.7. The number of piperazine rings is 1. The van der Waals surface area contributed by atoms with Gasteiger partial charge in [-0.25, -0.2) is 9.97 Å². The molecule has 0 aliphatic carbocycles. The molecule has 2 aromatic heterocycles. The van der Waals surface area contributed by atoms with Crippen LogP contribution in [-0.2, 0) is 10.8 Å². The fourth-order valence-corrected chi connectivity index (χ4v) is 4.74. The molecular formula is C24H23N5O2S. The third-order valence-corrected chi connectivity index (χ3v) is 6.64. The molecule has 4 aromatic rings. The zero-order chi connectivity index (χ0) is 22.1. The Balaban J connectivity index is 1.57. The van der Waals surface area contributed by atoms with Crippen molar-refractivity contribution >= 4 is 27.6 Å². The molecule has 32 heavy (non-hydrogen) atoms. The van der Waals surface area contributed by atoms with Gasteiger partial charge in [-0.2, -0.15) is 0 Å². The number of hydrogen-bond donors (Lipinski definition) is 1. The summed E-state index contributed by atoms with van der Waals surface area (Å²) in [5.41, 5.74) is 3.33. The number of nitrogens with zero attached hydrogens (tertiary/aromatic N) is 4. The molecule has 0 spiro atoms. The van der Waals surface area contributed by atoms with Gasteiger partial charge in [0, 0.05) is 67.5 Å². The predicted octanol–water partition coefficient (Wildman–Crippen LogP) is 2.87. The number of aromatic nitrogens is 3. The third-order valence-electron chi connectivity index (χ3n) is 5.69. The molecule has 5 rings (SSSR count). The monoisotopic (exact) mass is 445 g/mol. The molecule has 1 fully saturated rings. The largest absolute Gasteiger partial charge is 0.336 e. The van der Waals surface area contributed by atoms with Gasteiger partial charge in [-0.05, 0) is 17.7 Å². The Labute approximate surface area is 188 Å². The lowest BCUT2D eigenvalue weighted by atomic mass is 10.1. The first kappa shape index (κ1) is 20.5. The van der Waals surface area contributed by atoms with Crippen LogP contribution in [0.2, 0.25) is 0 Å². The first-order valence-corrected chi connectivity index (χ1v) is 12.0. The summed E-state index contributed by atoms with van der Waals surface area (Å²) in [6.07, 6.45) is 7.01. The van der Waals surface area contributed by atoms with Crippen LogP contribution in [0.3, 0.4) is 0 Å². The number of benzene rings is 2. The topological polar surface area (TPSA) is 80.1 Å². The quantitative estimate of drug-likeness (QED) is 0.523. The average molecular weight is 446 g/mol. The highest BCUT2D eigenvalue weighted by Gasteiger charge is 2.21. The molecular weight excluding hydrogens is 422 g/mol. The maximum absolute atomic E-state index is 13.0. The number of carbonyl (C=O) groups excluding carboxylic acids is 1.